The summed E-state index contributed by atoms with van der Waals surface area (Å²) in [5, 5.41) is 0. The Morgan fingerprint density at radius 3 is 2.20 bits per heavy atom. The Morgan fingerprint density at radius 1 is 1.13 bits per heavy atom. The molecule has 0 spiro atoms. The van der Waals surface area contributed by atoms with Crippen molar-refractivity contribution in [1.82, 2.24) is 0 Å². The Kier molecular flexibility index (Phi) is 3.66. The molecule has 0 atom stereocenters. The van der Waals surface area contributed by atoms with E-state index in [0.717, 1.165) is 6.42 Å². The smallest absolute Gasteiger partial charge is 0.227 e. The number of carbonyl (C=O) groups excluding carboxylic acids is 2. The summed E-state index contributed by atoms with van der Waals surface area (Å²) in [5.74, 6) is -0.566. The van der Waals surface area contributed by atoms with E-state index in [4.69, 9.17) is 9.47 Å². The van der Waals surface area contributed by atoms with Crippen LogP contribution in [0.5, 0.6) is 0 Å². The summed E-state index contributed by atoms with van der Waals surface area (Å²) in [6.07, 6.45) is 2.71. The van der Waals surface area contributed by atoms with Crippen molar-refractivity contribution in [3.8, 4) is 0 Å². The maximum atomic E-state index is 11.8. The number of ketones is 2. The third-order valence-corrected chi connectivity index (χ3v) is 2.16. The third kappa shape index (κ3) is 2.09. The van der Waals surface area contributed by atoms with Crippen LogP contribution < -0.4 is 0 Å². The van der Waals surface area contributed by atoms with Gasteiger partial charge in [0, 0.05) is 5.57 Å². The van der Waals surface area contributed by atoms with E-state index in [1.54, 1.807) is 0 Å². The molecule has 0 saturated carbocycles. The second-order valence-electron chi connectivity index (χ2n) is 3.18. The number of hydrogen-bond acceptors (Lipinski definition) is 4. The number of rotatable bonds is 4. The molecule has 82 valence electrons. The largest absolute Gasteiger partial charge is 0.490 e. The Balaban J connectivity index is 3.08. The van der Waals surface area contributed by atoms with Crippen molar-refractivity contribution >= 4 is 11.6 Å². The van der Waals surface area contributed by atoms with Crippen LogP contribution in [-0.2, 0) is 19.1 Å². The van der Waals surface area contributed by atoms with Gasteiger partial charge >= 0.3 is 0 Å². The minimum Gasteiger partial charge on any atom is -0.490 e. The molecule has 0 aromatic carbocycles. The van der Waals surface area contributed by atoms with E-state index in [2.05, 4.69) is 0 Å². The fourth-order valence-corrected chi connectivity index (χ4v) is 1.48. The Bertz CT molecular complexity index is 350. The average Bonchev–Trinajstić information content (AvgIpc) is 2.22. The van der Waals surface area contributed by atoms with Gasteiger partial charge in [-0.15, -0.1) is 0 Å². The standard InChI is InChI=1S/C11H14O4/c1-4-5-7-6-8(12)10(14-2)11(15-3)9(7)13/h6H,4-5H2,1-3H3. The molecule has 0 saturated heterocycles. The van der Waals surface area contributed by atoms with Crippen LogP contribution in [0.25, 0.3) is 0 Å². The summed E-state index contributed by atoms with van der Waals surface area (Å²) in [4.78, 5) is 23.3. The Morgan fingerprint density at radius 2 is 1.73 bits per heavy atom. The van der Waals surface area contributed by atoms with E-state index in [0.29, 0.717) is 12.0 Å². The van der Waals surface area contributed by atoms with Crippen molar-refractivity contribution in [3.63, 3.8) is 0 Å². The van der Waals surface area contributed by atoms with Crippen LogP contribution in [0, 0.1) is 0 Å². The number of hydrogen-bond donors (Lipinski definition) is 0. The van der Waals surface area contributed by atoms with Gasteiger partial charge in [-0.05, 0) is 12.5 Å². The van der Waals surface area contributed by atoms with Crippen molar-refractivity contribution in [2.45, 2.75) is 19.8 Å². The highest BCUT2D eigenvalue weighted by Crippen LogP contribution is 2.22. The van der Waals surface area contributed by atoms with Gasteiger partial charge in [0.15, 0.2) is 0 Å². The molecule has 0 aliphatic heterocycles. The molecule has 0 aromatic heterocycles. The molecule has 1 aliphatic rings. The van der Waals surface area contributed by atoms with E-state index >= 15 is 0 Å². The SMILES string of the molecule is CCCC1=CC(=O)C(OC)=C(OC)C1=O. The first-order valence-electron chi connectivity index (χ1n) is 4.77. The van der Waals surface area contributed by atoms with Gasteiger partial charge in [0.1, 0.15) is 0 Å². The molecule has 0 bridgehead atoms. The summed E-state index contributed by atoms with van der Waals surface area (Å²) in [6, 6.07) is 0. The molecule has 15 heavy (non-hydrogen) atoms. The summed E-state index contributed by atoms with van der Waals surface area (Å²) >= 11 is 0. The molecule has 0 unspecified atom stereocenters. The van der Waals surface area contributed by atoms with Crippen molar-refractivity contribution in [2.24, 2.45) is 0 Å². The molecule has 0 amide bonds. The monoisotopic (exact) mass is 210 g/mol. The van der Waals surface area contributed by atoms with Gasteiger partial charge in [-0.2, -0.15) is 0 Å². The van der Waals surface area contributed by atoms with Crippen molar-refractivity contribution in [2.75, 3.05) is 14.2 Å². The van der Waals surface area contributed by atoms with Crippen molar-refractivity contribution in [1.29, 1.82) is 0 Å². The normalized spacial score (nSPS) is 16.6. The van der Waals surface area contributed by atoms with Gasteiger partial charge in [-0.25, -0.2) is 0 Å². The lowest BCUT2D eigenvalue weighted by Crippen LogP contribution is -2.21. The average molecular weight is 210 g/mol. The van der Waals surface area contributed by atoms with Gasteiger partial charge in [0.25, 0.3) is 0 Å². The van der Waals surface area contributed by atoms with Crippen molar-refractivity contribution < 1.29 is 19.1 Å². The van der Waals surface area contributed by atoms with E-state index in [9.17, 15) is 9.59 Å². The summed E-state index contributed by atoms with van der Waals surface area (Å²) in [5.41, 5.74) is 0.486. The van der Waals surface area contributed by atoms with Crippen LogP contribution in [0.2, 0.25) is 0 Å². The molecule has 4 nitrogen and oxygen atoms in total. The Labute approximate surface area is 88.6 Å². The lowest BCUT2D eigenvalue weighted by Gasteiger charge is -2.16. The predicted molar refractivity (Wildman–Crippen MR) is 54.0 cm³/mol. The second-order valence-corrected chi connectivity index (χ2v) is 3.18. The molecule has 0 fully saturated rings. The second kappa shape index (κ2) is 4.77. The summed E-state index contributed by atoms with van der Waals surface area (Å²) < 4.78 is 9.74. The first kappa shape index (κ1) is 11.5. The van der Waals surface area contributed by atoms with Crippen LogP contribution in [0.3, 0.4) is 0 Å². The van der Waals surface area contributed by atoms with E-state index in [1.165, 1.54) is 20.3 Å². The van der Waals surface area contributed by atoms with Crippen LogP contribution in [0.4, 0.5) is 0 Å². The highest BCUT2D eigenvalue weighted by Gasteiger charge is 2.29. The number of Topliss-reactive ketones (excluding diaryl/α,β-unsaturated/α-hetero) is 1. The maximum Gasteiger partial charge on any atom is 0.227 e. The molecule has 0 N–H and O–H groups in total. The van der Waals surface area contributed by atoms with Gasteiger partial charge in [-0.1, -0.05) is 13.3 Å². The lowest BCUT2D eigenvalue weighted by atomic mass is 9.97. The maximum absolute atomic E-state index is 11.8. The van der Waals surface area contributed by atoms with Gasteiger partial charge < -0.3 is 9.47 Å². The zero-order valence-electron chi connectivity index (χ0n) is 9.12. The van der Waals surface area contributed by atoms with E-state index < -0.39 is 0 Å². The molecule has 0 heterocycles. The molecule has 4 heteroatoms. The van der Waals surface area contributed by atoms with Crippen LogP contribution in [0.15, 0.2) is 23.2 Å². The molecule has 0 radical (unpaired) electrons. The molecule has 1 aliphatic carbocycles. The molecular weight excluding hydrogens is 196 g/mol. The lowest BCUT2D eigenvalue weighted by molar-refractivity contribution is -0.120. The van der Waals surface area contributed by atoms with Gasteiger partial charge in [0.2, 0.25) is 23.1 Å². The summed E-state index contributed by atoms with van der Waals surface area (Å²) in [7, 11) is 2.70. The fourth-order valence-electron chi connectivity index (χ4n) is 1.48. The minimum absolute atomic E-state index is 0.00782. The van der Waals surface area contributed by atoms with Gasteiger partial charge in [-0.3, -0.25) is 9.59 Å². The van der Waals surface area contributed by atoms with Crippen molar-refractivity contribution in [3.05, 3.63) is 23.2 Å². The van der Waals surface area contributed by atoms with E-state index in [-0.39, 0.29) is 23.1 Å². The topological polar surface area (TPSA) is 52.6 Å². The third-order valence-electron chi connectivity index (χ3n) is 2.16. The number of methoxy groups -OCH3 is 2. The van der Waals surface area contributed by atoms with Crippen LogP contribution in [-0.4, -0.2) is 25.8 Å². The Hall–Kier alpha value is -1.58. The van der Waals surface area contributed by atoms with Gasteiger partial charge in [0.05, 0.1) is 14.2 Å². The highest BCUT2D eigenvalue weighted by atomic mass is 16.5. The minimum atomic E-state index is -0.308. The molecule has 0 aromatic rings. The van der Waals surface area contributed by atoms with Crippen LogP contribution >= 0.6 is 0 Å². The zero-order valence-corrected chi connectivity index (χ0v) is 9.12. The van der Waals surface area contributed by atoms with E-state index in [1.807, 2.05) is 6.92 Å². The number of ether oxygens (including phenoxy) is 2. The number of carbonyl (C=O) groups is 2. The highest BCUT2D eigenvalue weighted by molar-refractivity contribution is 6.20. The fraction of sp³-hybridized carbons (Fsp3) is 0.455. The predicted octanol–water partition coefficient (Wildman–Crippen LogP) is 1.37. The number of allylic oxidation sites excluding steroid dienone is 2. The first-order chi connectivity index (χ1) is 7.15. The molecule has 1 rings (SSSR count). The zero-order chi connectivity index (χ0) is 11.4. The summed E-state index contributed by atoms with van der Waals surface area (Å²) in [6.45, 7) is 1.95. The first-order valence-corrected chi connectivity index (χ1v) is 4.77. The molecular formula is C11H14O4. The quantitative estimate of drug-likeness (QED) is 0.657. The van der Waals surface area contributed by atoms with Crippen LogP contribution in [0.1, 0.15) is 19.8 Å².